The molecule has 0 aliphatic heterocycles. The molecule has 0 spiro atoms. The highest BCUT2D eigenvalue weighted by atomic mass is 79.9. The van der Waals surface area contributed by atoms with Gasteiger partial charge >= 0.3 is 5.97 Å². The van der Waals surface area contributed by atoms with E-state index in [0.29, 0.717) is 11.1 Å². The molecular weight excluding hydrogens is 262 g/mol. The van der Waals surface area contributed by atoms with Gasteiger partial charge in [-0.15, -0.1) is 0 Å². The molecule has 1 unspecified atom stereocenters. The lowest BCUT2D eigenvalue weighted by molar-refractivity contribution is -0.138. The Hall–Kier alpha value is -1.36. The third-order valence-corrected chi connectivity index (χ3v) is 2.75. The smallest absolute Gasteiger partial charge is 0.315 e. The largest absolute Gasteiger partial charge is 0.481 e. The second-order valence-electron chi connectivity index (χ2n) is 3.20. The molecule has 0 aliphatic rings. The van der Waals surface area contributed by atoms with Gasteiger partial charge < -0.3 is 9.52 Å². The van der Waals surface area contributed by atoms with Crippen LogP contribution >= 0.6 is 15.9 Å². The van der Waals surface area contributed by atoms with Crippen LogP contribution in [-0.2, 0) is 4.79 Å². The monoisotopic (exact) mass is 269 g/mol. The highest BCUT2D eigenvalue weighted by Crippen LogP contribution is 2.27. The summed E-state index contributed by atoms with van der Waals surface area (Å²) >= 11 is 3.32. The van der Waals surface area contributed by atoms with Crippen molar-refractivity contribution in [1.82, 2.24) is 4.98 Å². The fourth-order valence-corrected chi connectivity index (χ4v) is 1.66. The topological polar surface area (TPSA) is 63.3 Å². The normalized spacial score (nSPS) is 12.9. The Kier molecular flexibility index (Phi) is 2.48. The van der Waals surface area contributed by atoms with E-state index in [1.54, 1.807) is 13.0 Å². The van der Waals surface area contributed by atoms with E-state index in [2.05, 4.69) is 20.9 Å². The summed E-state index contributed by atoms with van der Waals surface area (Å²) in [5.41, 5.74) is 1.24. The highest BCUT2D eigenvalue weighted by molar-refractivity contribution is 9.10. The van der Waals surface area contributed by atoms with Crippen molar-refractivity contribution in [3.8, 4) is 0 Å². The minimum atomic E-state index is -0.947. The molecule has 2 rings (SSSR count). The maximum Gasteiger partial charge on any atom is 0.315 e. The quantitative estimate of drug-likeness (QED) is 0.911. The Balaban J connectivity index is 2.56. The molecule has 0 fully saturated rings. The lowest BCUT2D eigenvalue weighted by Crippen LogP contribution is -2.07. The highest BCUT2D eigenvalue weighted by Gasteiger charge is 2.20. The first-order valence-electron chi connectivity index (χ1n) is 4.37. The summed E-state index contributed by atoms with van der Waals surface area (Å²) in [4.78, 5) is 14.9. The fraction of sp³-hybridized carbons (Fsp3) is 0.200. The van der Waals surface area contributed by atoms with Gasteiger partial charge in [0.05, 0.1) is 4.47 Å². The van der Waals surface area contributed by atoms with Crippen molar-refractivity contribution in [2.45, 2.75) is 12.8 Å². The number of halogens is 1. The second kappa shape index (κ2) is 3.66. The predicted octanol–water partition coefficient (Wildman–Crippen LogP) is 2.78. The molecule has 0 aliphatic carbocycles. The molecule has 4 nitrogen and oxygen atoms in total. The van der Waals surface area contributed by atoms with E-state index in [0.717, 1.165) is 4.47 Å². The van der Waals surface area contributed by atoms with Crippen molar-refractivity contribution < 1.29 is 14.3 Å². The van der Waals surface area contributed by atoms with Gasteiger partial charge in [0.2, 0.25) is 5.89 Å². The van der Waals surface area contributed by atoms with Crippen LogP contribution in [0, 0.1) is 0 Å². The van der Waals surface area contributed by atoms with Gasteiger partial charge in [-0.25, -0.2) is 4.98 Å². The van der Waals surface area contributed by atoms with E-state index >= 15 is 0 Å². The summed E-state index contributed by atoms with van der Waals surface area (Å²) < 4.78 is 6.16. The third-order valence-electron chi connectivity index (χ3n) is 2.12. The van der Waals surface area contributed by atoms with Crippen molar-refractivity contribution in [2.75, 3.05) is 0 Å². The number of carboxylic acids is 1. The van der Waals surface area contributed by atoms with Gasteiger partial charge in [-0.3, -0.25) is 4.79 Å². The van der Waals surface area contributed by atoms with Crippen molar-refractivity contribution in [2.24, 2.45) is 0 Å². The first-order valence-corrected chi connectivity index (χ1v) is 5.16. The number of para-hydroxylation sites is 1. The van der Waals surface area contributed by atoms with Gasteiger partial charge in [0, 0.05) is 0 Å². The molecule has 5 heteroatoms. The minimum absolute atomic E-state index is 0.226. The Bertz CT molecular complexity index is 520. The number of hydrogen-bond acceptors (Lipinski definition) is 3. The zero-order chi connectivity index (χ0) is 11.0. The van der Waals surface area contributed by atoms with Crippen LogP contribution in [0.3, 0.4) is 0 Å². The second-order valence-corrected chi connectivity index (χ2v) is 4.05. The number of carboxylic acid groups (broad SMARTS) is 1. The predicted molar refractivity (Wildman–Crippen MR) is 57.8 cm³/mol. The summed E-state index contributed by atoms with van der Waals surface area (Å²) in [7, 11) is 0. The number of benzene rings is 1. The minimum Gasteiger partial charge on any atom is -0.481 e. The van der Waals surface area contributed by atoms with Gasteiger partial charge in [0.25, 0.3) is 0 Å². The molecule has 1 N–H and O–H groups in total. The van der Waals surface area contributed by atoms with Crippen LogP contribution in [0.2, 0.25) is 0 Å². The van der Waals surface area contributed by atoms with Crippen molar-refractivity contribution in [3.63, 3.8) is 0 Å². The molecule has 0 amide bonds. The first-order chi connectivity index (χ1) is 7.09. The zero-order valence-electron chi connectivity index (χ0n) is 7.90. The first kappa shape index (κ1) is 10.2. The van der Waals surface area contributed by atoms with Gasteiger partial charge in [-0.05, 0) is 35.0 Å². The average molecular weight is 270 g/mol. The van der Waals surface area contributed by atoms with Crippen LogP contribution in [0.5, 0.6) is 0 Å². The van der Waals surface area contributed by atoms with E-state index in [9.17, 15) is 4.79 Å². The molecule has 1 aromatic heterocycles. The van der Waals surface area contributed by atoms with Gasteiger partial charge in [0.15, 0.2) is 5.58 Å². The number of carbonyl (C=O) groups is 1. The number of oxazole rings is 1. The maximum atomic E-state index is 10.7. The van der Waals surface area contributed by atoms with Crippen LogP contribution in [0.4, 0.5) is 0 Å². The van der Waals surface area contributed by atoms with Gasteiger partial charge in [0.1, 0.15) is 11.4 Å². The summed E-state index contributed by atoms with van der Waals surface area (Å²) in [5.74, 6) is -1.45. The third kappa shape index (κ3) is 1.74. The van der Waals surface area contributed by atoms with E-state index in [-0.39, 0.29) is 5.89 Å². The Labute approximate surface area is 94.0 Å². The lowest BCUT2D eigenvalue weighted by Gasteiger charge is -1.97. The van der Waals surface area contributed by atoms with Gasteiger partial charge in [-0.2, -0.15) is 0 Å². The molecule has 15 heavy (non-hydrogen) atoms. The van der Waals surface area contributed by atoms with Crippen LogP contribution in [0.25, 0.3) is 11.1 Å². The Morgan fingerprint density at radius 1 is 1.60 bits per heavy atom. The van der Waals surface area contributed by atoms with Crippen molar-refractivity contribution >= 4 is 33.0 Å². The number of rotatable bonds is 2. The molecule has 0 saturated carbocycles. The van der Waals surface area contributed by atoms with Crippen LogP contribution < -0.4 is 0 Å². The van der Waals surface area contributed by atoms with E-state index in [1.165, 1.54) is 0 Å². The Morgan fingerprint density at radius 2 is 2.33 bits per heavy atom. The average Bonchev–Trinajstić information content (AvgIpc) is 2.61. The molecule has 0 saturated heterocycles. The van der Waals surface area contributed by atoms with Gasteiger partial charge in [-0.1, -0.05) is 6.07 Å². The van der Waals surface area contributed by atoms with Crippen molar-refractivity contribution in [1.29, 1.82) is 0 Å². The molecule has 78 valence electrons. The number of fused-ring (bicyclic) bond motifs is 1. The molecule has 1 aromatic carbocycles. The number of aromatic nitrogens is 1. The van der Waals surface area contributed by atoms with E-state index in [1.807, 2.05) is 12.1 Å². The molecule has 1 heterocycles. The molecule has 1 atom stereocenters. The molecule has 2 aromatic rings. The standard InChI is InChI=1S/C10H8BrNO3/c1-5(10(13)14)9-12-7-4-2-3-6(11)8(7)15-9/h2-5H,1H3,(H,13,14). The van der Waals surface area contributed by atoms with Crippen LogP contribution in [0.15, 0.2) is 27.1 Å². The number of hydrogen-bond donors (Lipinski definition) is 1. The fourth-order valence-electron chi connectivity index (χ4n) is 1.22. The zero-order valence-corrected chi connectivity index (χ0v) is 9.48. The number of nitrogens with zero attached hydrogens (tertiary/aromatic N) is 1. The summed E-state index contributed by atoms with van der Waals surface area (Å²) in [5, 5.41) is 8.82. The molecule has 0 radical (unpaired) electrons. The SMILES string of the molecule is CC(C(=O)O)c1nc2cccc(Br)c2o1. The lowest BCUT2D eigenvalue weighted by atomic mass is 10.2. The molecule has 0 bridgehead atoms. The summed E-state index contributed by atoms with van der Waals surface area (Å²) in [6.07, 6.45) is 0. The molecular formula is C10H8BrNO3. The van der Waals surface area contributed by atoms with Crippen molar-refractivity contribution in [3.05, 3.63) is 28.6 Å². The van der Waals surface area contributed by atoms with Crippen LogP contribution in [-0.4, -0.2) is 16.1 Å². The van der Waals surface area contributed by atoms with Crippen LogP contribution in [0.1, 0.15) is 18.7 Å². The van der Waals surface area contributed by atoms with E-state index < -0.39 is 11.9 Å². The number of aliphatic carboxylic acids is 1. The maximum absolute atomic E-state index is 10.7. The summed E-state index contributed by atoms with van der Waals surface area (Å²) in [6.45, 7) is 1.54. The Morgan fingerprint density at radius 3 is 2.93 bits per heavy atom. The van der Waals surface area contributed by atoms with E-state index in [4.69, 9.17) is 9.52 Å². The summed E-state index contributed by atoms with van der Waals surface area (Å²) in [6, 6.07) is 5.43.